The van der Waals surface area contributed by atoms with Crippen molar-refractivity contribution in [3.63, 3.8) is 0 Å². The number of aliphatic carboxylic acids is 1. The summed E-state index contributed by atoms with van der Waals surface area (Å²) in [5.74, 6) is -1.58. The number of hydrogen-bond acceptors (Lipinski definition) is 5. The number of fused-ring (bicyclic) bond motifs is 3. The number of hydrogen-bond donors (Lipinski definition) is 2. The van der Waals surface area contributed by atoms with Crippen LogP contribution in [0.5, 0.6) is 0 Å². The van der Waals surface area contributed by atoms with Gasteiger partial charge in [0.15, 0.2) is 5.60 Å². The van der Waals surface area contributed by atoms with Gasteiger partial charge in [0.05, 0.1) is 13.2 Å². The lowest BCUT2D eigenvalue weighted by atomic mass is 9.85. The van der Waals surface area contributed by atoms with E-state index in [-0.39, 0.29) is 38.1 Å². The van der Waals surface area contributed by atoms with Gasteiger partial charge in [0.1, 0.15) is 12.6 Å². The second kappa shape index (κ2) is 9.34. The smallest absolute Gasteiger partial charge is 0.407 e. The maximum absolute atomic E-state index is 13.4. The number of nitrogens with one attached hydrogen (secondary N) is 1. The van der Waals surface area contributed by atoms with Crippen LogP contribution in [0.15, 0.2) is 48.5 Å². The fourth-order valence-electron chi connectivity index (χ4n) is 4.78. The van der Waals surface area contributed by atoms with Gasteiger partial charge < -0.3 is 24.8 Å². The van der Waals surface area contributed by atoms with E-state index in [1.54, 1.807) is 0 Å². The van der Waals surface area contributed by atoms with Gasteiger partial charge in [-0.2, -0.15) is 0 Å². The minimum absolute atomic E-state index is 0.0903. The maximum atomic E-state index is 13.4. The second-order valence-electron chi connectivity index (χ2n) is 10.4. The zero-order valence-electron chi connectivity index (χ0n) is 20.5. The van der Waals surface area contributed by atoms with Crippen LogP contribution in [-0.2, 0) is 19.1 Å². The first-order chi connectivity index (χ1) is 16.5. The number of morpholine rings is 1. The molecule has 1 saturated heterocycles. The highest BCUT2D eigenvalue weighted by atomic mass is 16.5. The first-order valence-electron chi connectivity index (χ1n) is 11.8. The van der Waals surface area contributed by atoms with E-state index in [1.165, 1.54) is 11.8 Å². The van der Waals surface area contributed by atoms with Crippen LogP contribution in [-0.4, -0.2) is 65.9 Å². The highest BCUT2D eigenvalue weighted by molar-refractivity contribution is 5.88. The van der Waals surface area contributed by atoms with E-state index in [0.29, 0.717) is 0 Å². The molecule has 2 unspecified atom stereocenters. The summed E-state index contributed by atoms with van der Waals surface area (Å²) in [6, 6.07) is 15.2. The third-order valence-electron chi connectivity index (χ3n) is 6.76. The number of carbonyl (C=O) groups excluding carboxylic acids is 2. The number of amides is 2. The van der Waals surface area contributed by atoms with Gasteiger partial charge in [-0.25, -0.2) is 9.59 Å². The van der Waals surface area contributed by atoms with E-state index in [4.69, 9.17) is 9.47 Å². The van der Waals surface area contributed by atoms with Crippen LogP contribution >= 0.6 is 0 Å². The third kappa shape index (κ3) is 4.89. The molecule has 35 heavy (non-hydrogen) atoms. The number of ether oxygens (including phenoxy) is 2. The summed E-state index contributed by atoms with van der Waals surface area (Å²) in [5, 5.41) is 12.2. The molecule has 0 bridgehead atoms. The summed E-state index contributed by atoms with van der Waals surface area (Å²) in [5.41, 5.74) is 2.36. The first kappa shape index (κ1) is 24.7. The van der Waals surface area contributed by atoms with E-state index in [9.17, 15) is 19.5 Å². The minimum Gasteiger partial charge on any atom is -0.479 e. The Morgan fingerprint density at radius 3 is 2.23 bits per heavy atom. The van der Waals surface area contributed by atoms with E-state index in [2.05, 4.69) is 17.4 Å². The Morgan fingerprint density at radius 1 is 1.11 bits per heavy atom. The van der Waals surface area contributed by atoms with Crippen molar-refractivity contribution in [3.05, 3.63) is 59.7 Å². The van der Waals surface area contributed by atoms with E-state index in [0.717, 1.165) is 22.3 Å². The molecular formula is C27H32N2O6. The Kier molecular flexibility index (Phi) is 6.60. The molecule has 1 fully saturated rings. The summed E-state index contributed by atoms with van der Waals surface area (Å²) in [6.45, 7) is 7.37. The summed E-state index contributed by atoms with van der Waals surface area (Å²) < 4.78 is 11.0. The van der Waals surface area contributed by atoms with Crippen molar-refractivity contribution in [2.24, 2.45) is 5.41 Å². The molecule has 0 saturated carbocycles. The molecular weight excluding hydrogens is 448 g/mol. The Labute approximate surface area is 205 Å². The first-order valence-corrected chi connectivity index (χ1v) is 11.8. The lowest BCUT2D eigenvalue weighted by Crippen LogP contribution is -2.61. The molecule has 0 radical (unpaired) electrons. The van der Waals surface area contributed by atoms with Gasteiger partial charge in [-0.05, 0) is 34.6 Å². The Bertz CT molecular complexity index is 1090. The lowest BCUT2D eigenvalue weighted by Gasteiger charge is -2.41. The van der Waals surface area contributed by atoms with Gasteiger partial charge in [-0.15, -0.1) is 0 Å². The highest BCUT2D eigenvalue weighted by Gasteiger charge is 2.44. The average Bonchev–Trinajstić information content (AvgIpc) is 3.14. The van der Waals surface area contributed by atoms with Crippen molar-refractivity contribution < 1.29 is 29.0 Å². The fourth-order valence-corrected chi connectivity index (χ4v) is 4.78. The molecule has 1 aliphatic carbocycles. The fraction of sp³-hybridized carbons (Fsp3) is 0.444. The van der Waals surface area contributed by atoms with Gasteiger partial charge >= 0.3 is 12.1 Å². The molecule has 186 valence electrons. The van der Waals surface area contributed by atoms with Crippen LogP contribution in [0.1, 0.15) is 44.7 Å². The van der Waals surface area contributed by atoms with Gasteiger partial charge in [0, 0.05) is 12.5 Å². The number of alkyl carbamates (subject to hydrolysis) is 1. The monoisotopic (exact) mass is 480 g/mol. The molecule has 0 spiro atoms. The van der Waals surface area contributed by atoms with Gasteiger partial charge in [0.2, 0.25) is 5.91 Å². The number of carboxylic acid groups (broad SMARTS) is 1. The maximum Gasteiger partial charge on any atom is 0.407 e. The van der Waals surface area contributed by atoms with E-state index >= 15 is 0 Å². The molecule has 1 aliphatic heterocycles. The second-order valence-corrected chi connectivity index (χ2v) is 10.4. The molecule has 2 N–H and O–H groups in total. The molecule has 8 heteroatoms. The van der Waals surface area contributed by atoms with Crippen LogP contribution in [0.25, 0.3) is 11.1 Å². The summed E-state index contributed by atoms with van der Waals surface area (Å²) in [4.78, 5) is 39.3. The van der Waals surface area contributed by atoms with Crippen LogP contribution < -0.4 is 5.32 Å². The summed E-state index contributed by atoms with van der Waals surface area (Å²) >= 11 is 0. The third-order valence-corrected chi connectivity index (χ3v) is 6.76. The van der Waals surface area contributed by atoms with Crippen molar-refractivity contribution in [2.45, 2.75) is 45.3 Å². The number of rotatable bonds is 5. The average molecular weight is 481 g/mol. The largest absolute Gasteiger partial charge is 0.479 e. The van der Waals surface area contributed by atoms with Crippen molar-refractivity contribution >= 4 is 18.0 Å². The van der Waals surface area contributed by atoms with Crippen molar-refractivity contribution in [3.8, 4) is 11.1 Å². The molecule has 4 rings (SSSR count). The number of carbonyl (C=O) groups is 3. The number of carboxylic acids is 1. The Morgan fingerprint density at radius 2 is 1.69 bits per heavy atom. The Balaban J connectivity index is 1.46. The molecule has 2 amide bonds. The molecule has 2 atom stereocenters. The Hall–Kier alpha value is -3.39. The van der Waals surface area contributed by atoms with Crippen LogP contribution in [0.2, 0.25) is 0 Å². The van der Waals surface area contributed by atoms with Crippen molar-refractivity contribution in [2.75, 3.05) is 26.3 Å². The van der Waals surface area contributed by atoms with Crippen molar-refractivity contribution in [1.29, 1.82) is 0 Å². The van der Waals surface area contributed by atoms with Crippen molar-refractivity contribution in [1.82, 2.24) is 10.2 Å². The molecule has 1 heterocycles. The SMILES string of the molecule is CC1(C(=O)O)CN(C(=O)C(NC(=O)OCC2c3ccccc3-c3ccccc32)C(C)(C)C)CCO1. The zero-order valence-corrected chi connectivity index (χ0v) is 20.5. The van der Waals surface area contributed by atoms with E-state index < -0.39 is 29.1 Å². The van der Waals surface area contributed by atoms with Crippen LogP contribution in [0.4, 0.5) is 4.79 Å². The summed E-state index contributed by atoms with van der Waals surface area (Å²) in [6.07, 6.45) is -0.686. The predicted molar refractivity (Wildman–Crippen MR) is 130 cm³/mol. The molecule has 0 aromatic heterocycles. The summed E-state index contributed by atoms with van der Waals surface area (Å²) in [7, 11) is 0. The molecule has 2 aliphatic rings. The molecule has 2 aromatic carbocycles. The number of nitrogens with zero attached hydrogens (tertiary/aromatic N) is 1. The lowest BCUT2D eigenvalue weighted by molar-refractivity contribution is -0.178. The quantitative estimate of drug-likeness (QED) is 0.677. The van der Waals surface area contributed by atoms with Crippen LogP contribution in [0, 0.1) is 5.41 Å². The van der Waals surface area contributed by atoms with E-state index in [1.807, 2.05) is 57.2 Å². The zero-order chi connectivity index (χ0) is 25.4. The predicted octanol–water partition coefficient (Wildman–Crippen LogP) is 3.64. The standard InChI is InChI=1S/C27H32N2O6/c1-26(2,3)22(23(30)29-13-14-35-27(4,16-29)24(31)32)28-25(33)34-15-21-19-11-7-5-9-17(19)18-10-6-8-12-20(18)21/h5-12,21-22H,13-16H2,1-4H3,(H,28,33)(H,31,32). The molecule has 8 nitrogen and oxygen atoms in total. The minimum atomic E-state index is -1.49. The van der Waals surface area contributed by atoms with Gasteiger partial charge in [-0.1, -0.05) is 69.3 Å². The highest BCUT2D eigenvalue weighted by Crippen LogP contribution is 2.44. The van der Waals surface area contributed by atoms with Crippen LogP contribution in [0.3, 0.4) is 0 Å². The van der Waals surface area contributed by atoms with Gasteiger partial charge in [0.25, 0.3) is 0 Å². The number of benzene rings is 2. The normalized spacial score (nSPS) is 20.5. The van der Waals surface area contributed by atoms with Gasteiger partial charge in [-0.3, -0.25) is 4.79 Å². The molecule has 2 aromatic rings. The topological polar surface area (TPSA) is 105 Å².